The summed E-state index contributed by atoms with van der Waals surface area (Å²) >= 11 is 6.21. The predicted molar refractivity (Wildman–Crippen MR) is 92.5 cm³/mol. The number of nitrogens with one attached hydrogen (secondary N) is 1. The van der Waals surface area contributed by atoms with Crippen molar-refractivity contribution in [2.45, 2.75) is 33.6 Å². The molecule has 1 amide bonds. The van der Waals surface area contributed by atoms with Gasteiger partial charge in [0.25, 0.3) is 0 Å². The van der Waals surface area contributed by atoms with Gasteiger partial charge in [-0.15, -0.1) is 0 Å². The van der Waals surface area contributed by atoms with E-state index in [1.807, 2.05) is 13.8 Å². The van der Waals surface area contributed by atoms with Crippen LogP contribution in [-0.4, -0.2) is 58.0 Å². The first-order chi connectivity index (χ1) is 12.0. The Morgan fingerprint density at radius 2 is 1.96 bits per heavy atom. The molecule has 0 saturated heterocycles. The van der Waals surface area contributed by atoms with E-state index in [1.165, 1.54) is 6.92 Å². The number of halogens is 1. The van der Waals surface area contributed by atoms with Crippen molar-refractivity contribution in [3.63, 3.8) is 0 Å². The molecule has 0 radical (unpaired) electrons. The lowest BCUT2D eigenvalue weighted by molar-refractivity contribution is -0.114. The Hall–Kier alpha value is -1.81. The summed E-state index contributed by atoms with van der Waals surface area (Å²) in [6.07, 6.45) is 1.34. The zero-order chi connectivity index (χ0) is 18.2. The molecular formula is C15H22ClN5O4. The van der Waals surface area contributed by atoms with Crippen LogP contribution >= 0.6 is 11.6 Å². The molecule has 0 fully saturated rings. The van der Waals surface area contributed by atoms with Crippen LogP contribution in [0.4, 0.5) is 5.95 Å². The lowest BCUT2D eigenvalue weighted by atomic mass is 10.4. The summed E-state index contributed by atoms with van der Waals surface area (Å²) in [5.41, 5.74) is 0.904. The first-order valence-electron chi connectivity index (χ1n) is 7.98. The second-order valence-electron chi connectivity index (χ2n) is 5.14. The molecule has 0 atom stereocenters. The van der Waals surface area contributed by atoms with Gasteiger partial charge >= 0.3 is 0 Å². The SMILES string of the molecule is CCOCC(COCC)OCn1cnc2nc(NC(C)=O)nc(Cl)c21. The summed E-state index contributed by atoms with van der Waals surface area (Å²) in [5, 5.41) is 2.67. The van der Waals surface area contributed by atoms with Crippen LogP contribution in [-0.2, 0) is 25.7 Å². The third-order valence-corrected chi connectivity index (χ3v) is 3.45. The lowest BCUT2D eigenvalue weighted by Gasteiger charge is -2.18. The summed E-state index contributed by atoms with van der Waals surface area (Å²) in [6.45, 7) is 7.47. The Kier molecular flexibility index (Phi) is 7.51. The number of hydrogen-bond donors (Lipinski definition) is 1. The molecule has 0 bridgehead atoms. The summed E-state index contributed by atoms with van der Waals surface area (Å²) < 4.78 is 18.3. The highest BCUT2D eigenvalue weighted by molar-refractivity contribution is 6.33. The van der Waals surface area contributed by atoms with Crippen LogP contribution in [0.2, 0.25) is 5.15 Å². The van der Waals surface area contributed by atoms with Crippen molar-refractivity contribution >= 4 is 34.6 Å². The van der Waals surface area contributed by atoms with Gasteiger partial charge in [0.1, 0.15) is 18.4 Å². The van der Waals surface area contributed by atoms with E-state index in [9.17, 15) is 4.79 Å². The Labute approximate surface area is 150 Å². The van der Waals surface area contributed by atoms with Gasteiger partial charge in [-0.25, -0.2) is 4.98 Å². The number of aromatic nitrogens is 4. The molecule has 9 nitrogen and oxygen atoms in total. The molecule has 0 spiro atoms. The van der Waals surface area contributed by atoms with E-state index in [1.54, 1.807) is 10.9 Å². The average molecular weight is 372 g/mol. The molecule has 2 aromatic rings. The number of rotatable bonds is 10. The molecule has 0 saturated carbocycles. The van der Waals surface area contributed by atoms with Crippen LogP contribution < -0.4 is 5.32 Å². The van der Waals surface area contributed by atoms with E-state index in [0.717, 1.165) is 0 Å². The molecule has 25 heavy (non-hydrogen) atoms. The molecule has 0 aliphatic heterocycles. The quantitative estimate of drug-likeness (QED) is 0.636. The molecule has 0 unspecified atom stereocenters. The minimum atomic E-state index is -0.284. The van der Waals surface area contributed by atoms with Crippen LogP contribution in [0.3, 0.4) is 0 Å². The van der Waals surface area contributed by atoms with E-state index >= 15 is 0 Å². The van der Waals surface area contributed by atoms with Crippen LogP contribution in [0.15, 0.2) is 6.33 Å². The molecule has 1 N–H and O–H groups in total. The highest BCUT2D eigenvalue weighted by Crippen LogP contribution is 2.21. The zero-order valence-corrected chi connectivity index (χ0v) is 15.2. The van der Waals surface area contributed by atoms with Crippen molar-refractivity contribution < 1.29 is 19.0 Å². The van der Waals surface area contributed by atoms with Gasteiger partial charge in [0.05, 0.1) is 19.5 Å². The number of imidazole rings is 1. The fourth-order valence-corrected chi connectivity index (χ4v) is 2.35. The molecule has 0 aliphatic rings. The van der Waals surface area contributed by atoms with Crippen molar-refractivity contribution in [3.05, 3.63) is 11.5 Å². The lowest BCUT2D eigenvalue weighted by Crippen LogP contribution is -2.26. The number of nitrogens with zero attached hydrogens (tertiary/aromatic N) is 4. The van der Waals surface area contributed by atoms with E-state index in [4.69, 9.17) is 25.8 Å². The highest BCUT2D eigenvalue weighted by Gasteiger charge is 2.15. The number of hydrogen-bond acceptors (Lipinski definition) is 7. The largest absolute Gasteiger partial charge is 0.379 e. The van der Waals surface area contributed by atoms with Gasteiger partial charge in [0, 0.05) is 20.1 Å². The Morgan fingerprint density at radius 3 is 2.56 bits per heavy atom. The van der Waals surface area contributed by atoms with Crippen LogP contribution in [0.5, 0.6) is 0 Å². The van der Waals surface area contributed by atoms with Gasteiger partial charge in [0.2, 0.25) is 11.9 Å². The van der Waals surface area contributed by atoms with Gasteiger partial charge in [-0.2, -0.15) is 9.97 Å². The van der Waals surface area contributed by atoms with E-state index in [-0.39, 0.29) is 29.8 Å². The predicted octanol–water partition coefficient (Wildman–Crippen LogP) is 1.85. The van der Waals surface area contributed by atoms with Gasteiger partial charge in [-0.3, -0.25) is 10.1 Å². The fraction of sp³-hybridized carbons (Fsp3) is 0.600. The Balaban J connectivity index is 2.10. The Morgan fingerprint density at radius 1 is 1.28 bits per heavy atom. The third kappa shape index (κ3) is 5.60. The zero-order valence-electron chi connectivity index (χ0n) is 14.5. The van der Waals surface area contributed by atoms with Crippen LogP contribution in [0.1, 0.15) is 20.8 Å². The molecule has 2 rings (SSSR count). The van der Waals surface area contributed by atoms with Gasteiger partial charge < -0.3 is 18.8 Å². The van der Waals surface area contributed by atoms with Gasteiger partial charge in [-0.05, 0) is 13.8 Å². The first kappa shape index (κ1) is 19.5. The molecule has 0 aliphatic carbocycles. The number of carbonyl (C=O) groups excluding carboxylic acids is 1. The summed E-state index contributed by atoms with van der Waals surface area (Å²) in [7, 11) is 0. The average Bonchev–Trinajstić information content (AvgIpc) is 2.97. The van der Waals surface area contributed by atoms with Crippen LogP contribution in [0.25, 0.3) is 11.2 Å². The number of amides is 1. The standard InChI is InChI=1S/C15H22ClN5O4/c1-4-23-6-11(7-24-5-2)25-9-21-8-17-14-12(21)13(16)19-15(20-14)18-10(3)22/h8,11H,4-7,9H2,1-3H3,(H,18,19,20,22). The topological polar surface area (TPSA) is 100 Å². The fourth-order valence-electron chi connectivity index (χ4n) is 2.08. The van der Waals surface area contributed by atoms with Crippen LogP contribution in [0, 0.1) is 0 Å². The maximum atomic E-state index is 11.1. The van der Waals surface area contributed by atoms with E-state index in [0.29, 0.717) is 37.6 Å². The third-order valence-electron chi connectivity index (χ3n) is 3.18. The molecule has 2 heterocycles. The first-order valence-corrected chi connectivity index (χ1v) is 8.36. The van der Waals surface area contributed by atoms with Gasteiger partial charge in [-0.1, -0.05) is 11.6 Å². The Bertz CT molecular complexity index is 701. The summed E-state index contributed by atoms with van der Waals surface area (Å²) in [4.78, 5) is 23.5. The molecule has 138 valence electrons. The number of ether oxygens (including phenoxy) is 3. The minimum absolute atomic E-state index is 0.113. The summed E-state index contributed by atoms with van der Waals surface area (Å²) in [6, 6.07) is 0. The highest BCUT2D eigenvalue weighted by atomic mass is 35.5. The van der Waals surface area contributed by atoms with Crippen molar-refractivity contribution in [1.29, 1.82) is 0 Å². The number of anilines is 1. The van der Waals surface area contributed by atoms with E-state index in [2.05, 4.69) is 20.3 Å². The number of fused-ring (bicyclic) bond motifs is 1. The van der Waals surface area contributed by atoms with E-state index < -0.39 is 0 Å². The van der Waals surface area contributed by atoms with Crippen molar-refractivity contribution in [2.24, 2.45) is 0 Å². The van der Waals surface area contributed by atoms with Crippen molar-refractivity contribution in [2.75, 3.05) is 31.7 Å². The normalized spacial score (nSPS) is 11.4. The molecule has 2 aromatic heterocycles. The van der Waals surface area contributed by atoms with Crippen molar-refractivity contribution in [3.8, 4) is 0 Å². The van der Waals surface area contributed by atoms with Crippen molar-refractivity contribution in [1.82, 2.24) is 19.5 Å². The van der Waals surface area contributed by atoms with Gasteiger partial charge in [0.15, 0.2) is 10.8 Å². The second kappa shape index (κ2) is 9.62. The molecule has 10 heteroatoms. The molecular weight excluding hydrogens is 350 g/mol. The second-order valence-corrected chi connectivity index (χ2v) is 5.50. The molecule has 0 aromatic carbocycles. The maximum absolute atomic E-state index is 11.1. The maximum Gasteiger partial charge on any atom is 0.233 e. The summed E-state index contributed by atoms with van der Waals surface area (Å²) in [5.74, 6) is -0.172. The minimum Gasteiger partial charge on any atom is -0.379 e. The number of carbonyl (C=O) groups is 1. The smallest absolute Gasteiger partial charge is 0.233 e. The monoisotopic (exact) mass is 371 g/mol.